The molecular weight excluding hydrogens is 510 g/mol. The van der Waals surface area contributed by atoms with Crippen LogP contribution in [0.4, 0.5) is 5.13 Å². The van der Waals surface area contributed by atoms with Gasteiger partial charge in [-0.25, -0.2) is 9.78 Å². The third kappa shape index (κ3) is 4.10. The molecule has 38 heavy (non-hydrogen) atoms. The number of anilines is 1. The Morgan fingerprint density at radius 1 is 1.11 bits per heavy atom. The molecule has 0 aliphatic carbocycles. The van der Waals surface area contributed by atoms with Gasteiger partial charge in [0.2, 0.25) is 5.76 Å². The van der Waals surface area contributed by atoms with E-state index in [-0.39, 0.29) is 33.4 Å². The summed E-state index contributed by atoms with van der Waals surface area (Å²) in [6.45, 7) is 5.14. The number of primary amides is 1. The van der Waals surface area contributed by atoms with Crippen LogP contribution in [0.5, 0.6) is 5.75 Å². The first-order chi connectivity index (χ1) is 18.1. The molecule has 10 nitrogen and oxygen atoms in total. The normalized spacial score (nSPS) is 14.6. The molecule has 1 aliphatic rings. The van der Waals surface area contributed by atoms with E-state index in [2.05, 4.69) is 4.98 Å². The van der Waals surface area contributed by atoms with Crippen LogP contribution in [0.3, 0.4) is 0 Å². The highest BCUT2D eigenvalue weighted by Gasteiger charge is 2.45. The van der Waals surface area contributed by atoms with Crippen molar-refractivity contribution in [2.24, 2.45) is 5.73 Å². The standard InChI is InChI=1S/C27H23N3O7S/c1-12-9-17-18(10-13(12)2)37-23-20(22(17)32)21(15-5-7-16(8-6-15)36-11-19(28)31)30(25(23)33)27-29-14(3)24(38-27)26(34)35-4/h5-10,21H,11H2,1-4H3,(H2,28,31). The van der Waals surface area contributed by atoms with Gasteiger partial charge in [0, 0.05) is 0 Å². The number of nitrogens with zero attached hydrogens (tertiary/aromatic N) is 2. The van der Waals surface area contributed by atoms with Crippen LogP contribution >= 0.6 is 11.3 Å². The largest absolute Gasteiger partial charge is 0.484 e. The second kappa shape index (κ2) is 9.42. The summed E-state index contributed by atoms with van der Waals surface area (Å²) < 4.78 is 16.3. The van der Waals surface area contributed by atoms with Crippen molar-refractivity contribution in [3.63, 3.8) is 0 Å². The molecule has 1 atom stereocenters. The van der Waals surface area contributed by atoms with Crippen molar-refractivity contribution in [3.05, 3.63) is 85.2 Å². The predicted molar refractivity (Wildman–Crippen MR) is 140 cm³/mol. The molecule has 2 N–H and O–H groups in total. The van der Waals surface area contributed by atoms with Crippen molar-refractivity contribution in [3.8, 4) is 5.75 Å². The van der Waals surface area contributed by atoms with E-state index in [1.165, 1.54) is 12.0 Å². The van der Waals surface area contributed by atoms with Crippen molar-refractivity contribution >= 4 is 45.2 Å². The lowest BCUT2D eigenvalue weighted by Gasteiger charge is -2.22. The lowest BCUT2D eigenvalue weighted by Crippen LogP contribution is -2.29. The number of hydrogen-bond acceptors (Lipinski definition) is 9. The van der Waals surface area contributed by atoms with Gasteiger partial charge in [-0.15, -0.1) is 0 Å². The molecule has 0 saturated carbocycles. The summed E-state index contributed by atoms with van der Waals surface area (Å²) in [6.07, 6.45) is 0. The van der Waals surface area contributed by atoms with Crippen LogP contribution in [0.25, 0.3) is 11.0 Å². The lowest BCUT2D eigenvalue weighted by atomic mass is 9.97. The van der Waals surface area contributed by atoms with Gasteiger partial charge in [0.25, 0.3) is 11.8 Å². The highest BCUT2D eigenvalue weighted by atomic mass is 32.1. The van der Waals surface area contributed by atoms with Gasteiger partial charge in [-0.3, -0.25) is 19.3 Å². The number of carbonyl (C=O) groups is 3. The molecule has 0 bridgehead atoms. The Labute approximate surface area is 220 Å². The van der Waals surface area contributed by atoms with Gasteiger partial charge in [-0.1, -0.05) is 23.5 Å². The fourth-order valence-corrected chi connectivity index (χ4v) is 5.42. The highest BCUT2D eigenvalue weighted by molar-refractivity contribution is 7.17. The van der Waals surface area contributed by atoms with E-state index in [1.54, 1.807) is 43.3 Å². The quantitative estimate of drug-likeness (QED) is 0.371. The van der Waals surface area contributed by atoms with Gasteiger partial charge in [0.05, 0.1) is 29.8 Å². The molecule has 5 rings (SSSR count). The monoisotopic (exact) mass is 533 g/mol. The van der Waals surface area contributed by atoms with Crippen LogP contribution in [0, 0.1) is 20.8 Å². The number of aryl methyl sites for hydroxylation is 3. The Kier molecular flexibility index (Phi) is 6.23. The first kappa shape index (κ1) is 25.2. The van der Waals surface area contributed by atoms with Gasteiger partial charge in [-0.05, 0) is 61.7 Å². The number of hydrogen-bond donors (Lipinski definition) is 1. The van der Waals surface area contributed by atoms with Crippen LogP contribution < -0.4 is 20.8 Å². The fraction of sp³-hybridized carbons (Fsp3) is 0.222. The molecular formula is C27H23N3O7S. The predicted octanol–water partition coefficient (Wildman–Crippen LogP) is 3.58. The number of methoxy groups -OCH3 is 1. The zero-order chi connectivity index (χ0) is 27.3. The molecule has 1 unspecified atom stereocenters. The maximum Gasteiger partial charge on any atom is 0.350 e. The van der Waals surface area contributed by atoms with E-state index < -0.39 is 23.8 Å². The van der Waals surface area contributed by atoms with E-state index in [1.807, 2.05) is 13.8 Å². The van der Waals surface area contributed by atoms with Crippen LogP contribution in [-0.2, 0) is 9.53 Å². The van der Waals surface area contributed by atoms with Gasteiger partial charge >= 0.3 is 5.97 Å². The number of aromatic nitrogens is 1. The van der Waals surface area contributed by atoms with E-state index in [4.69, 9.17) is 19.6 Å². The van der Waals surface area contributed by atoms with Crippen LogP contribution in [0.15, 0.2) is 45.6 Å². The average molecular weight is 534 g/mol. The molecule has 0 radical (unpaired) electrons. The summed E-state index contributed by atoms with van der Waals surface area (Å²) in [6, 6.07) is 9.20. The van der Waals surface area contributed by atoms with Gasteiger partial charge < -0.3 is 19.6 Å². The van der Waals surface area contributed by atoms with Crippen LogP contribution in [-0.4, -0.2) is 36.5 Å². The van der Waals surface area contributed by atoms with E-state index >= 15 is 0 Å². The SMILES string of the molecule is COC(=O)c1sc(N2C(=O)c3oc4cc(C)c(C)cc4c(=O)c3C2c2ccc(OCC(N)=O)cc2)nc1C. The molecule has 2 aromatic heterocycles. The Morgan fingerprint density at radius 2 is 1.79 bits per heavy atom. The zero-order valence-corrected chi connectivity index (χ0v) is 21.8. The minimum absolute atomic E-state index is 0.0859. The van der Waals surface area contributed by atoms with Crippen LogP contribution in [0.1, 0.15) is 54.2 Å². The van der Waals surface area contributed by atoms with Crippen molar-refractivity contribution in [1.82, 2.24) is 4.98 Å². The summed E-state index contributed by atoms with van der Waals surface area (Å²) >= 11 is 0.991. The molecule has 4 aromatic rings. The van der Waals surface area contributed by atoms with Gasteiger partial charge in [0.1, 0.15) is 16.2 Å². The summed E-state index contributed by atoms with van der Waals surface area (Å²) in [5, 5.41) is 0.577. The Bertz CT molecular complexity index is 1690. The van der Waals surface area contributed by atoms with E-state index in [0.717, 1.165) is 22.5 Å². The van der Waals surface area contributed by atoms with Crippen molar-refractivity contribution < 1.29 is 28.3 Å². The number of thiazole rings is 1. The first-order valence-electron chi connectivity index (χ1n) is 11.6. The minimum atomic E-state index is -0.888. The average Bonchev–Trinajstić information content (AvgIpc) is 3.41. The number of nitrogens with two attached hydrogens (primary N) is 1. The minimum Gasteiger partial charge on any atom is -0.484 e. The summed E-state index contributed by atoms with van der Waals surface area (Å²) in [5.41, 5.74) is 8.11. The molecule has 0 fully saturated rings. The van der Waals surface area contributed by atoms with Gasteiger partial charge in [0.15, 0.2) is 17.2 Å². The second-order valence-electron chi connectivity index (χ2n) is 8.91. The van der Waals surface area contributed by atoms with Crippen molar-refractivity contribution in [2.45, 2.75) is 26.8 Å². The number of carbonyl (C=O) groups excluding carboxylic acids is 3. The smallest absolute Gasteiger partial charge is 0.350 e. The maximum atomic E-state index is 13.9. The number of rotatable bonds is 6. The Hall–Kier alpha value is -4.51. The van der Waals surface area contributed by atoms with Crippen molar-refractivity contribution in [1.29, 1.82) is 0 Å². The number of fused-ring (bicyclic) bond motifs is 2. The highest BCUT2D eigenvalue weighted by Crippen LogP contribution is 2.43. The lowest BCUT2D eigenvalue weighted by molar-refractivity contribution is -0.119. The molecule has 0 spiro atoms. The number of esters is 1. The number of ether oxygens (including phenoxy) is 2. The number of amides is 2. The summed E-state index contributed by atoms with van der Waals surface area (Å²) in [7, 11) is 1.26. The molecule has 0 saturated heterocycles. The molecule has 2 amide bonds. The molecule has 3 heterocycles. The first-order valence-corrected chi connectivity index (χ1v) is 12.4. The second-order valence-corrected chi connectivity index (χ2v) is 9.89. The zero-order valence-electron chi connectivity index (χ0n) is 21.0. The number of benzene rings is 2. The Balaban J connectivity index is 1.71. The summed E-state index contributed by atoms with van der Waals surface area (Å²) in [4.78, 5) is 57.1. The maximum absolute atomic E-state index is 13.9. The topological polar surface area (TPSA) is 142 Å². The molecule has 2 aromatic carbocycles. The van der Waals surface area contributed by atoms with E-state index in [9.17, 15) is 19.2 Å². The van der Waals surface area contributed by atoms with Crippen LogP contribution in [0.2, 0.25) is 0 Å². The third-order valence-corrected chi connectivity index (χ3v) is 7.56. The molecule has 11 heteroatoms. The Morgan fingerprint density at radius 3 is 2.45 bits per heavy atom. The third-order valence-electron chi connectivity index (χ3n) is 6.43. The molecule has 194 valence electrons. The molecule has 1 aliphatic heterocycles. The fourth-order valence-electron chi connectivity index (χ4n) is 4.41. The van der Waals surface area contributed by atoms with Crippen molar-refractivity contribution in [2.75, 3.05) is 18.6 Å². The van der Waals surface area contributed by atoms with E-state index in [0.29, 0.717) is 28.0 Å². The van der Waals surface area contributed by atoms with Gasteiger partial charge in [-0.2, -0.15) is 0 Å². The summed E-state index contributed by atoms with van der Waals surface area (Å²) in [5.74, 6) is -1.45.